The summed E-state index contributed by atoms with van der Waals surface area (Å²) in [6.45, 7) is 4.03. The van der Waals surface area contributed by atoms with Gasteiger partial charge in [-0.1, -0.05) is 12.1 Å². The molecule has 0 bridgehead atoms. The first kappa shape index (κ1) is 11.9. The Hall–Kier alpha value is -1.55. The van der Waals surface area contributed by atoms with Crippen molar-refractivity contribution in [1.29, 1.82) is 0 Å². The van der Waals surface area contributed by atoms with Crippen molar-refractivity contribution in [3.63, 3.8) is 0 Å². The summed E-state index contributed by atoms with van der Waals surface area (Å²) in [5.74, 6) is 1.33. The molecule has 0 atom stereocenters. The number of aryl methyl sites for hydroxylation is 2. The van der Waals surface area contributed by atoms with Gasteiger partial charge in [-0.15, -0.1) is 0 Å². The Kier molecular flexibility index (Phi) is 3.33. The summed E-state index contributed by atoms with van der Waals surface area (Å²) in [6.07, 6.45) is 1.57. The minimum Gasteiger partial charge on any atom is -0.438 e. The third kappa shape index (κ3) is 2.77. The van der Waals surface area contributed by atoms with E-state index in [0.717, 1.165) is 21.3 Å². The van der Waals surface area contributed by atoms with E-state index in [9.17, 15) is 0 Å². The van der Waals surface area contributed by atoms with Gasteiger partial charge in [0.1, 0.15) is 5.75 Å². The van der Waals surface area contributed by atoms with E-state index in [1.165, 1.54) is 0 Å². The van der Waals surface area contributed by atoms with E-state index in [1.807, 2.05) is 32.0 Å². The molecule has 1 aromatic carbocycles. The lowest BCUT2D eigenvalue weighted by Crippen LogP contribution is -1.94. The lowest BCUT2D eigenvalue weighted by molar-refractivity contribution is 0.456. The van der Waals surface area contributed by atoms with Gasteiger partial charge in [0.2, 0.25) is 5.88 Å². The van der Waals surface area contributed by atoms with Gasteiger partial charge < -0.3 is 10.5 Å². The molecule has 0 aliphatic rings. The molecule has 2 aromatic rings. The molecule has 0 radical (unpaired) electrons. The normalized spacial score (nSPS) is 10.3. The third-order valence-electron chi connectivity index (χ3n) is 2.38. The van der Waals surface area contributed by atoms with Gasteiger partial charge in [0, 0.05) is 0 Å². The van der Waals surface area contributed by atoms with Gasteiger partial charge in [-0.2, -0.15) is 0 Å². The highest BCUT2D eigenvalue weighted by molar-refractivity contribution is 9.10. The van der Waals surface area contributed by atoms with Crippen LogP contribution in [0.5, 0.6) is 11.6 Å². The number of nitrogens with zero attached hydrogens (tertiary/aromatic N) is 1. The summed E-state index contributed by atoms with van der Waals surface area (Å²) in [7, 11) is 0. The number of pyridine rings is 1. The van der Waals surface area contributed by atoms with Crippen LogP contribution in [0.25, 0.3) is 0 Å². The summed E-state index contributed by atoms with van der Waals surface area (Å²) in [5.41, 5.74) is 8.45. The number of halogens is 1. The smallest absolute Gasteiger partial charge is 0.233 e. The molecular weight excluding hydrogens is 280 g/mol. The maximum atomic E-state index is 5.76. The highest BCUT2D eigenvalue weighted by atomic mass is 79.9. The van der Waals surface area contributed by atoms with Crippen molar-refractivity contribution in [3.8, 4) is 11.6 Å². The summed E-state index contributed by atoms with van der Waals surface area (Å²) >= 11 is 3.38. The molecule has 0 spiro atoms. The van der Waals surface area contributed by atoms with Crippen molar-refractivity contribution in [3.05, 3.63) is 46.1 Å². The minimum atomic E-state index is 0.521. The second kappa shape index (κ2) is 4.75. The standard InChI is InChI=1S/C13H13BrN2O/c1-8-3-4-9(2)12(5-8)17-13-11(14)6-10(15)7-16-13/h3-7H,15H2,1-2H3. The van der Waals surface area contributed by atoms with Crippen LogP contribution in [0.4, 0.5) is 5.69 Å². The van der Waals surface area contributed by atoms with Gasteiger partial charge in [-0.25, -0.2) is 4.98 Å². The van der Waals surface area contributed by atoms with Crippen LogP contribution in [-0.4, -0.2) is 4.98 Å². The Labute approximate surface area is 109 Å². The van der Waals surface area contributed by atoms with Crippen LogP contribution in [0.3, 0.4) is 0 Å². The molecule has 3 nitrogen and oxygen atoms in total. The van der Waals surface area contributed by atoms with E-state index < -0.39 is 0 Å². The van der Waals surface area contributed by atoms with Gasteiger partial charge in [0.15, 0.2) is 0 Å². The van der Waals surface area contributed by atoms with Crippen molar-refractivity contribution in [2.45, 2.75) is 13.8 Å². The highest BCUT2D eigenvalue weighted by Crippen LogP contribution is 2.30. The van der Waals surface area contributed by atoms with Gasteiger partial charge in [-0.05, 0) is 53.0 Å². The lowest BCUT2D eigenvalue weighted by atomic mass is 10.1. The van der Waals surface area contributed by atoms with Crippen molar-refractivity contribution in [2.24, 2.45) is 0 Å². The minimum absolute atomic E-state index is 0.521. The Morgan fingerprint density at radius 2 is 2.00 bits per heavy atom. The number of anilines is 1. The molecule has 4 heteroatoms. The molecule has 17 heavy (non-hydrogen) atoms. The van der Waals surface area contributed by atoms with Gasteiger partial charge in [0.25, 0.3) is 0 Å². The summed E-state index contributed by atoms with van der Waals surface area (Å²) in [4.78, 5) is 4.15. The molecule has 0 saturated carbocycles. The topological polar surface area (TPSA) is 48.1 Å². The Morgan fingerprint density at radius 3 is 2.71 bits per heavy atom. The van der Waals surface area contributed by atoms with Crippen molar-refractivity contribution in [2.75, 3.05) is 5.73 Å². The number of hydrogen-bond acceptors (Lipinski definition) is 3. The molecule has 2 rings (SSSR count). The molecule has 0 aliphatic carbocycles. The second-order valence-corrected chi connectivity index (χ2v) is 4.78. The molecule has 0 aliphatic heterocycles. The van der Waals surface area contributed by atoms with Crippen LogP contribution >= 0.6 is 15.9 Å². The third-order valence-corrected chi connectivity index (χ3v) is 2.95. The van der Waals surface area contributed by atoms with Crippen LogP contribution in [0, 0.1) is 13.8 Å². The summed E-state index contributed by atoms with van der Waals surface area (Å²) in [6, 6.07) is 7.83. The predicted molar refractivity (Wildman–Crippen MR) is 72.3 cm³/mol. The number of aromatic nitrogens is 1. The van der Waals surface area contributed by atoms with Crippen LogP contribution in [0.2, 0.25) is 0 Å². The molecule has 0 amide bonds. The fourth-order valence-corrected chi connectivity index (χ4v) is 1.88. The molecule has 88 valence electrons. The second-order valence-electron chi connectivity index (χ2n) is 3.93. The monoisotopic (exact) mass is 292 g/mol. The van der Waals surface area contributed by atoms with E-state index in [2.05, 4.69) is 20.9 Å². The quantitative estimate of drug-likeness (QED) is 0.915. The van der Waals surface area contributed by atoms with Gasteiger partial charge >= 0.3 is 0 Å². The Bertz CT molecular complexity index is 555. The average molecular weight is 293 g/mol. The summed E-state index contributed by atoms with van der Waals surface area (Å²) in [5, 5.41) is 0. The maximum absolute atomic E-state index is 5.76. The van der Waals surface area contributed by atoms with Gasteiger partial charge in [-0.3, -0.25) is 0 Å². The number of nitrogens with two attached hydrogens (primary N) is 1. The number of nitrogen functional groups attached to an aromatic ring is 1. The molecule has 2 N–H and O–H groups in total. The predicted octanol–water partition coefficient (Wildman–Crippen LogP) is 3.84. The SMILES string of the molecule is Cc1ccc(C)c(Oc2ncc(N)cc2Br)c1. The number of ether oxygens (including phenoxy) is 1. The molecule has 1 heterocycles. The fraction of sp³-hybridized carbons (Fsp3) is 0.154. The van der Waals surface area contributed by atoms with Crippen molar-refractivity contribution < 1.29 is 4.74 Å². The molecule has 0 fully saturated rings. The zero-order chi connectivity index (χ0) is 12.4. The number of benzene rings is 1. The lowest BCUT2D eigenvalue weighted by Gasteiger charge is -2.10. The van der Waals surface area contributed by atoms with E-state index in [4.69, 9.17) is 10.5 Å². The zero-order valence-corrected chi connectivity index (χ0v) is 11.3. The zero-order valence-electron chi connectivity index (χ0n) is 9.70. The van der Waals surface area contributed by atoms with E-state index in [0.29, 0.717) is 11.6 Å². The largest absolute Gasteiger partial charge is 0.438 e. The molecule has 0 unspecified atom stereocenters. The first-order chi connectivity index (χ1) is 8.06. The summed E-state index contributed by atoms with van der Waals surface area (Å²) < 4.78 is 6.51. The van der Waals surface area contributed by atoms with Crippen LogP contribution in [-0.2, 0) is 0 Å². The number of hydrogen-bond donors (Lipinski definition) is 1. The first-order valence-electron chi connectivity index (χ1n) is 5.22. The average Bonchev–Trinajstić information content (AvgIpc) is 2.27. The van der Waals surface area contributed by atoms with Crippen molar-refractivity contribution >= 4 is 21.6 Å². The van der Waals surface area contributed by atoms with Crippen LogP contribution < -0.4 is 10.5 Å². The van der Waals surface area contributed by atoms with Crippen molar-refractivity contribution in [1.82, 2.24) is 4.98 Å². The Balaban J connectivity index is 2.34. The van der Waals surface area contributed by atoms with Crippen LogP contribution in [0.15, 0.2) is 34.9 Å². The van der Waals surface area contributed by atoms with E-state index in [1.54, 1.807) is 12.3 Å². The maximum Gasteiger partial charge on any atom is 0.233 e. The van der Waals surface area contributed by atoms with E-state index >= 15 is 0 Å². The first-order valence-corrected chi connectivity index (χ1v) is 6.01. The van der Waals surface area contributed by atoms with Crippen LogP contribution in [0.1, 0.15) is 11.1 Å². The molecule has 0 saturated heterocycles. The number of rotatable bonds is 2. The highest BCUT2D eigenvalue weighted by Gasteiger charge is 2.07. The molecular formula is C13H13BrN2O. The molecule has 1 aromatic heterocycles. The fourth-order valence-electron chi connectivity index (χ4n) is 1.44. The van der Waals surface area contributed by atoms with E-state index in [-0.39, 0.29) is 0 Å². The Morgan fingerprint density at radius 1 is 1.24 bits per heavy atom. The van der Waals surface area contributed by atoms with Gasteiger partial charge in [0.05, 0.1) is 16.4 Å².